The van der Waals surface area contributed by atoms with Gasteiger partial charge in [-0.2, -0.15) is 0 Å². The minimum absolute atomic E-state index is 0.0679. The normalized spacial score (nSPS) is 23.3. The highest BCUT2D eigenvalue weighted by atomic mass is 16.4. The Morgan fingerprint density at radius 3 is 2.70 bits per heavy atom. The molecule has 1 aliphatic rings. The van der Waals surface area contributed by atoms with Gasteiger partial charge in [-0.05, 0) is 45.2 Å². The zero-order chi connectivity index (χ0) is 14.7. The maximum absolute atomic E-state index is 11.9. The molecule has 20 heavy (non-hydrogen) atoms. The Balaban J connectivity index is 1.80. The predicted molar refractivity (Wildman–Crippen MR) is 72.3 cm³/mol. The molecule has 1 aromatic rings. The van der Waals surface area contributed by atoms with Gasteiger partial charge in [0.2, 0.25) is 0 Å². The van der Waals surface area contributed by atoms with Crippen LogP contribution in [0.4, 0.5) is 4.79 Å². The van der Waals surface area contributed by atoms with E-state index in [0.29, 0.717) is 25.0 Å². The molecule has 0 bridgehead atoms. The lowest BCUT2D eigenvalue weighted by Gasteiger charge is -2.16. The SMILES string of the molecule is Cc1ccc(C(C)NC(=O)N[C@H]2CC[C@@H](C(=O)O)C2)o1. The minimum atomic E-state index is -0.783. The first-order valence-corrected chi connectivity index (χ1v) is 6.82. The first kappa shape index (κ1) is 14.4. The molecule has 0 radical (unpaired) electrons. The summed E-state index contributed by atoms with van der Waals surface area (Å²) < 4.78 is 5.44. The Labute approximate surface area is 117 Å². The fourth-order valence-electron chi connectivity index (χ4n) is 2.52. The Kier molecular flexibility index (Phi) is 4.32. The van der Waals surface area contributed by atoms with Crippen molar-refractivity contribution in [1.82, 2.24) is 10.6 Å². The number of nitrogens with one attached hydrogen (secondary N) is 2. The van der Waals surface area contributed by atoms with Crippen molar-refractivity contribution in [1.29, 1.82) is 0 Å². The number of aryl methyl sites for hydroxylation is 1. The van der Waals surface area contributed by atoms with Crippen LogP contribution >= 0.6 is 0 Å². The summed E-state index contributed by atoms with van der Waals surface area (Å²) in [5, 5.41) is 14.5. The fraction of sp³-hybridized carbons (Fsp3) is 0.571. The fourth-order valence-corrected chi connectivity index (χ4v) is 2.52. The molecule has 3 N–H and O–H groups in total. The quantitative estimate of drug-likeness (QED) is 0.788. The van der Waals surface area contributed by atoms with Gasteiger partial charge in [0.15, 0.2) is 0 Å². The highest BCUT2D eigenvalue weighted by Gasteiger charge is 2.30. The summed E-state index contributed by atoms with van der Waals surface area (Å²) in [6.07, 6.45) is 1.82. The topological polar surface area (TPSA) is 91.6 Å². The van der Waals surface area contributed by atoms with Crippen LogP contribution in [-0.4, -0.2) is 23.1 Å². The summed E-state index contributed by atoms with van der Waals surface area (Å²) >= 11 is 0. The number of carboxylic acid groups (broad SMARTS) is 1. The molecule has 0 saturated heterocycles. The van der Waals surface area contributed by atoms with Gasteiger partial charge in [-0.1, -0.05) is 0 Å². The van der Waals surface area contributed by atoms with Gasteiger partial charge in [-0.15, -0.1) is 0 Å². The van der Waals surface area contributed by atoms with Crippen molar-refractivity contribution in [2.75, 3.05) is 0 Å². The van der Waals surface area contributed by atoms with Gasteiger partial charge in [-0.25, -0.2) is 4.79 Å². The van der Waals surface area contributed by atoms with Gasteiger partial charge >= 0.3 is 12.0 Å². The van der Waals surface area contributed by atoms with Crippen LogP contribution in [0.3, 0.4) is 0 Å². The van der Waals surface area contributed by atoms with E-state index in [2.05, 4.69) is 10.6 Å². The smallest absolute Gasteiger partial charge is 0.315 e. The maximum atomic E-state index is 11.9. The molecule has 1 aliphatic carbocycles. The molecule has 1 heterocycles. The van der Waals surface area contributed by atoms with Gasteiger partial charge in [0, 0.05) is 6.04 Å². The molecule has 1 unspecified atom stereocenters. The van der Waals surface area contributed by atoms with Gasteiger partial charge in [-0.3, -0.25) is 4.79 Å². The van der Waals surface area contributed by atoms with Crippen LogP contribution in [0.5, 0.6) is 0 Å². The van der Waals surface area contributed by atoms with Gasteiger partial charge in [0.1, 0.15) is 11.5 Å². The lowest BCUT2D eigenvalue weighted by atomic mass is 10.1. The van der Waals surface area contributed by atoms with Crippen LogP contribution in [0.1, 0.15) is 43.7 Å². The largest absolute Gasteiger partial charge is 0.481 e. The highest BCUT2D eigenvalue weighted by molar-refractivity contribution is 5.75. The number of carboxylic acids is 1. The molecule has 0 aliphatic heterocycles. The Bertz CT molecular complexity index is 497. The van der Waals surface area contributed by atoms with Crippen molar-refractivity contribution < 1.29 is 19.1 Å². The van der Waals surface area contributed by atoms with E-state index >= 15 is 0 Å². The van der Waals surface area contributed by atoms with E-state index in [1.165, 1.54) is 0 Å². The van der Waals surface area contributed by atoms with Crippen molar-refractivity contribution in [3.8, 4) is 0 Å². The standard InChI is InChI=1S/C14H20N2O4/c1-8-3-6-12(20-8)9(2)15-14(19)16-11-5-4-10(7-11)13(17)18/h3,6,9-11H,4-5,7H2,1-2H3,(H,17,18)(H2,15,16,19)/t9?,10-,11+/m1/s1. The number of amides is 2. The van der Waals surface area contributed by atoms with E-state index < -0.39 is 5.97 Å². The van der Waals surface area contributed by atoms with E-state index in [1.807, 2.05) is 26.0 Å². The average Bonchev–Trinajstić information content (AvgIpc) is 2.98. The monoisotopic (exact) mass is 280 g/mol. The molecule has 110 valence electrons. The zero-order valence-corrected chi connectivity index (χ0v) is 11.7. The minimum Gasteiger partial charge on any atom is -0.481 e. The lowest BCUT2D eigenvalue weighted by Crippen LogP contribution is -2.42. The molecule has 6 nitrogen and oxygen atoms in total. The summed E-state index contributed by atoms with van der Waals surface area (Å²) in [5.74, 6) is 0.376. The van der Waals surface area contributed by atoms with Crippen LogP contribution in [0, 0.1) is 12.8 Å². The molecule has 0 spiro atoms. The summed E-state index contributed by atoms with van der Waals surface area (Å²) in [5.41, 5.74) is 0. The second kappa shape index (κ2) is 5.98. The van der Waals surface area contributed by atoms with Crippen molar-refractivity contribution in [2.45, 2.75) is 45.2 Å². The third kappa shape index (κ3) is 3.53. The van der Waals surface area contributed by atoms with Crippen LogP contribution in [0.15, 0.2) is 16.5 Å². The summed E-state index contributed by atoms with van der Waals surface area (Å²) in [4.78, 5) is 22.7. The van der Waals surface area contributed by atoms with Crippen molar-refractivity contribution in [3.63, 3.8) is 0 Å². The number of hydrogen-bond acceptors (Lipinski definition) is 3. The summed E-state index contributed by atoms with van der Waals surface area (Å²) in [7, 11) is 0. The molecule has 2 amide bonds. The number of hydrogen-bond donors (Lipinski definition) is 3. The van der Waals surface area contributed by atoms with E-state index in [-0.39, 0.29) is 24.0 Å². The number of aliphatic carboxylic acids is 1. The first-order valence-electron chi connectivity index (χ1n) is 6.82. The zero-order valence-electron chi connectivity index (χ0n) is 11.7. The van der Waals surface area contributed by atoms with Gasteiger partial charge < -0.3 is 20.2 Å². The Morgan fingerprint density at radius 2 is 2.15 bits per heavy atom. The molecule has 0 aromatic carbocycles. The molecule has 6 heteroatoms. The number of rotatable bonds is 4. The summed E-state index contributed by atoms with van der Waals surface area (Å²) in [6.45, 7) is 3.69. The highest BCUT2D eigenvalue weighted by Crippen LogP contribution is 2.25. The third-order valence-corrected chi connectivity index (χ3v) is 3.65. The second-order valence-electron chi connectivity index (χ2n) is 5.33. The van der Waals surface area contributed by atoms with E-state index in [9.17, 15) is 9.59 Å². The molecule has 2 rings (SSSR count). The molecule has 3 atom stereocenters. The van der Waals surface area contributed by atoms with E-state index in [1.54, 1.807) is 0 Å². The van der Waals surface area contributed by atoms with Crippen molar-refractivity contribution in [2.24, 2.45) is 5.92 Å². The molecule has 1 saturated carbocycles. The molecule has 1 aromatic heterocycles. The predicted octanol–water partition coefficient (Wildman–Crippen LogP) is 2.20. The number of carbonyl (C=O) groups is 2. The van der Waals surface area contributed by atoms with E-state index in [0.717, 1.165) is 5.76 Å². The van der Waals surface area contributed by atoms with Crippen molar-refractivity contribution in [3.05, 3.63) is 23.7 Å². The maximum Gasteiger partial charge on any atom is 0.315 e. The van der Waals surface area contributed by atoms with Gasteiger partial charge in [0.25, 0.3) is 0 Å². The number of furan rings is 1. The van der Waals surface area contributed by atoms with Crippen LogP contribution in [-0.2, 0) is 4.79 Å². The van der Waals surface area contributed by atoms with Crippen LogP contribution < -0.4 is 10.6 Å². The number of carbonyl (C=O) groups excluding carboxylic acids is 1. The Morgan fingerprint density at radius 1 is 1.40 bits per heavy atom. The molecule has 1 fully saturated rings. The number of urea groups is 1. The van der Waals surface area contributed by atoms with Crippen LogP contribution in [0.25, 0.3) is 0 Å². The molecular weight excluding hydrogens is 260 g/mol. The van der Waals surface area contributed by atoms with Gasteiger partial charge in [0.05, 0.1) is 12.0 Å². The second-order valence-corrected chi connectivity index (χ2v) is 5.33. The first-order chi connectivity index (χ1) is 9.45. The van der Waals surface area contributed by atoms with Crippen molar-refractivity contribution >= 4 is 12.0 Å². The average molecular weight is 280 g/mol. The third-order valence-electron chi connectivity index (χ3n) is 3.65. The van der Waals surface area contributed by atoms with E-state index in [4.69, 9.17) is 9.52 Å². The Hall–Kier alpha value is -1.98. The summed E-state index contributed by atoms with van der Waals surface area (Å²) in [6, 6.07) is 3.10. The van der Waals surface area contributed by atoms with Crippen LogP contribution in [0.2, 0.25) is 0 Å². The lowest BCUT2D eigenvalue weighted by molar-refractivity contribution is -0.141. The molecular formula is C14H20N2O4.